The summed E-state index contributed by atoms with van der Waals surface area (Å²) in [7, 11) is 0. The molecule has 0 spiro atoms. The predicted octanol–water partition coefficient (Wildman–Crippen LogP) is 2.39. The zero-order valence-electron chi connectivity index (χ0n) is 11.1. The highest BCUT2D eigenvalue weighted by molar-refractivity contribution is 5.28. The van der Waals surface area contributed by atoms with Gasteiger partial charge in [0.05, 0.1) is 18.8 Å². The lowest BCUT2D eigenvalue weighted by Gasteiger charge is -2.05. The van der Waals surface area contributed by atoms with Crippen LogP contribution in [0.25, 0.3) is 0 Å². The van der Waals surface area contributed by atoms with Gasteiger partial charge in [-0.1, -0.05) is 41.5 Å². The summed E-state index contributed by atoms with van der Waals surface area (Å²) in [5.74, 6) is 0. The van der Waals surface area contributed by atoms with Crippen LogP contribution in [0.15, 0.2) is 24.4 Å². The molecule has 0 saturated heterocycles. The minimum absolute atomic E-state index is 0.516. The molecule has 96 valence electrons. The molecule has 0 aliphatic heterocycles. The minimum atomic E-state index is -0.516. The van der Waals surface area contributed by atoms with E-state index in [9.17, 15) is 5.11 Å². The van der Waals surface area contributed by atoms with Gasteiger partial charge in [0.15, 0.2) is 0 Å². The second kappa shape index (κ2) is 5.31. The Morgan fingerprint density at radius 2 is 1.89 bits per heavy atom. The molecule has 0 fully saturated rings. The molecule has 4 nitrogen and oxygen atoms in total. The fourth-order valence-corrected chi connectivity index (χ4v) is 2.10. The second-order valence-electron chi connectivity index (χ2n) is 4.76. The summed E-state index contributed by atoms with van der Waals surface area (Å²) in [5.41, 5.74) is 4.34. The lowest BCUT2D eigenvalue weighted by molar-refractivity contribution is 0.168. The highest BCUT2D eigenvalue weighted by Crippen LogP contribution is 2.14. The molecule has 1 atom stereocenters. The van der Waals surface area contributed by atoms with E-state index in [4.69, 9.17) is 0 Å². The third-order valence-electron chi connectivity index (χ3n) is 2.91. The molecule has 4 heteroatoms. The van der Waals surface area contributed by atoms with Crippen LogP contribution in [0, 0.1) is 13.8 Å². The maximum atomic E-state index is 9.68. The van der Waals surface area contributed by atoms with E-state index >= 15 is 0 Å². The van der Waals surface area contributed by atoms with Gasteiger partial charge in [-0.25, -0.2) is 4.68 Å². The largest absolute Gasteiger partial charge is 0.387 e. The first-order chi connectivity index (χ1) is 8.58. The Balaban J connectivity index is 2.16. The Kier molecular flexibility index (Phi) is 3.77. The van der Waals surface area contributed by atoms with Crippen molar-refractivity contribution in [2.24, 2.45) is 0 Å². The number of aromatic nitrogens is 3. The van der Waals surface area contributed by atoms with E-state index in [1.807, 2.05) is 13.1 Å². The third kappa shape index (κ3) is 2.96. The quantitative estimate of drug-likeness (QED) is 0.899. The second-order valence-corrected chi connectivity index (χ2v) is 4.76. The van der Waals surface area contributed by atoms with Gasteiger partial charge in [-0.15, -0.1) is 5.10 Å². The molecule has 1 aromatic carbocycles. The molecule has 1 N–H and O–H groups in total. The molecule has 0 bridgehead atoms. The van der Waals surface area contributed by atoms with Crippen molar-refractivity contribution in [1.82, 2.24) is 15.0 Å². The molecular weight excluding hydrogens is 226 g/mol. The summed E-state index contributed by atoms with van der Waals surface area (Å²) in [6, 6.07) is 6.44. The van der Waals surface area contributed by atoms with E-state index in [1.165, 1.54) is 16.7 Å². The maximum Gasteiger partial charge on any atom is 0.111 e. The summed E-state index contributed by atoms with van der Waals surface area (Å²) in [4.78, 5) is 0. The van der Waals surface area contributed by atoms with Crippen LogP contribution in [0.2, 0.25) is 0 Å². The van der Waals surface area contributed by atoms with E-state index in [1.54, 1.807) is 4.68 Å². The van der Waals surface area contributed by atoms with Gasteiger partial charge in [-0.05, 0) is 25.8 Å². The smallest absolute Gasteiger partial charge is 0.111 e. The first-order valence-electron chi connectivity index (χ1n) is 6.23. The number of aliphatic hydroxyl groups is 1. The fraction of sp³-hybridized carbons (Fsp3) is 0.429. The maximum absolute atomic E-state index is 9.68. The average molecular weight is 245 g/mol. The first-order valence-corrected chi connectivity index (χ1v) is 6.23. The number of hydrogen-bond acceptors (Lipinski definition) is 3. The normalized spacial score (nSPS) is 12.7. The third-order valence-corrected chi connectivity index (χ3v) is 2.91. The zero-order valence-corrected chi connectivity index (χ0v) is 11.1. The summed E-state index contributed by atoms with van der Waals surface area (Å²) in [6.07, 6.45) is 1.95. The summed E-state index contributed by atoms with van der Waals surface area (Å²) in [5, 5.41) is 17.7. The van der Waals surface area contributed by atoms with Crippen molar-refractivity contribution in [3.63, 3.8) is 0 Å². The van der Waals surface area contributed by atoms with Gasteiger partial charge in [0, 0.05) is 0 Å². The molecule has 18 heavy (non-hydrogen) atoms. The van der Waals surface area contributed by atoms with Gasteiger partial charge >= 0.3 is 0 Å². The van der Waals surface area contributed by atoms with E-state index in [2.05, 4.69) is 42.4 Å². The van der Waals surface area contributed by atoms with Crippen LogP contribution in [0.1, 0.15) is 41.8 Å². The van der Waals surface area contributed by atoms with Crippen molar-refractivity contribution in [3.05, 3.63) is 46.8 Å². The molecule has 1 unspecified atom stereocenters. The monoisotopic (exact) mass is 245 g/mol. The predicted molar refractivity (Wildman–Crippen MR) is 70.3 cm³/mol. The van der Waals surface area contributed by atoms with Gasteiger partial charge < -0.3 is 5.11 Å². The van der Waals surface area contributed by atoms with E-state index < -0.39 is 6.10 Å². The van der Waals surface area contributed by atoms with Crippen LogP contribution < -0.4 is 0 Å². The standard InChI is InChI=1S/C14H19N3O/c1-4-14(18)13-9-17(16-15-13)8-12-6-10(2)5-11(3)7-12/h5-7,9,14,18H,4,8H2,1-3H3. The van der Waals surface area contributed by atoms with Crippen LogP contribution in [0.5, 0.6) is 0 Å². The zero-order chi connectivity index (χ0) is 13.1. The summed E-state index contributed by atoms with van der Waals surface area (Å²) in [6.45, 7) is 6.79. The van der Waals surface area contributed by atoms with Crippen molar-refractivity contribution in [3.8, 4) is 0 Å². The molecule has 2 rings (SSSR count). The van der Waals surface area contributed by atoms with Crippen molar-refractivity contribution in [1.29, 1.82) is 0 Å². The van der Waals surface area contributed by atoms with Gasteiger partial charge in [0.1, 0.15) is 5.69 Å². The Labute approximate surface area is 107 Å². The molecule has 0 aliphatic carbocycles. The topological polar surface area (TPSA) is 50.9 Å². The van der Waals surface area contributed by atoms with Crippen molar-refractivity contribution in [2.75, 3.05) is 0 Å². The Hall–Kier alpha value is -1.68. The van der Waals surface area contributed by atoms with E-state index in [0.717, 1.165) is 0 Å². The number of hydrogen-bond donors (Lipinski definition) is 1. The lowest BCUT2D eigenvalue weighted by atomic mass is 10.1. The SMILES string of the molecule is CCC(O)c1cn(Cc2cc(C)cc(C)c2)nn1. The van der Waals surface area contributed by atoms with Gasteiger partial charge in [0.25, 0.3) is 0 Å². The van der Waals surface area contributed by atoms with Crippen LogP contribution in [-0.2, 0) is 6.54 Å². The van der Waals surface area contributed by atoms with Crippen molar-refractivity contribution in [2.45, 2.75) is 39.8 Å². The van der Waals surface area contributed by atoms with E-state index in [0.29, 0.717) is 18.7 Å². The molecule has 1 aromatic heterocycles. The highest BCUT2D eigenvalue weighted by atomic mass is 16.3. The van der Waals surface area contributed by atoms with Crippen molar-refractivity contribution < 1.29 is 5.11 Å². The molecule has 0 saturated carbocycles. The Morgan fingerprint density at radius 1 is 1.22 bits per heavy atom. The van der Waals surface area contributed by atoms with Gasteiger partial charge in [-0.2, -0.15) is 0 Å². The minimum Gasteiger partial charge on any atom is -0.387 e. The van der Waals surface area contributed by atoms with E-state index in [-0.39, 0.29) is 0 Å². The molecule has 0 aliphatic rings. The van der Waals surface area contributed by atoms with Crippen LogP contribution in [0.3, 0.4) is 0 Å². The Morgan fingerprint density at radius 3 is 2.50 bits per heavy atom. The number of nitrogens with zero attached hydrogens (tertiary/aromatic N) is 3. The van der Waals surface area contributed by atoms with Crippen LogP contribution >= 0.6 is 0 Å². The molecule has 2 aromatic rings. The molecule has 0 amide bonds. The first kappa shape index (κ1) is 12.8. The lowest BCUT2D eigenvalue weighted by Crippen LogP contribution is -2.01. The molecular formula is C14H19N3O. The van der Waals surface area contributed by atoms with Gasteiger partial charge in [0.2, 0.25) is 0 Å². The number of rotatable bonds is 4. The number of benzene rings is 1. The highest BCUT2D eigenvalue weighted by Gasteiger charge is 2.09. The summed E-state index contributed by atoms with van der Waals surface area (Å²) < 4.78 is 1.77. The Bertz CT molecular complexity index is 513. The average Bonchev–Trinajstić information content (AvgIpc) is 2.75. The molecule has 1 heterocycles. The number of aliphatic hydroxyl groups excluding tert-OH is 1. The van der Waals surface area contributed by atoms with Gasteiger partial charge in [-0.3, -0.25) is 0 Å². The van der Waals surface area contributed by atoms with Crippen LogP contribution in [0.4, 0.5) is 0 Å². The summed E-state index contributed by atoms with van der Waals surface area (Å²) >= 11 is 0. The van der Waals surface area contributed by atoms with Crippen molar-refractivity contribution >= 4 is 0 Å². The number of aryl methyl sites for hydroxylation is 2. The van der Waals surface area contributed by atoms with Crippen LogP contribution in [-0.4, -0.2) is 20.1 Å². The molecule has 0 radical (unpaired) electrons. The fourth-order valence-electron chi connectivity index (χ4n) is 2.10.